The van der Waals surface area contributed by atoms with E-state index in [9.17, 15) is 13.2 Å². The molecule has 1 fully saturated rings. The number of ether oxygens (including phenoxy) is 1. The number of rotatable bonds is 7. The van der Waals surface area contributed by atoms with Crippen molar-refractivity contribution in [2.24, 2.45) is 5.41 Å². The van der Waals surface area contributed by atoms with Crippen LogP contribution in [0.3, 0.4) is 0 Å². The van der Waals surface area contributed by atoms with Crippen LogP contribution < -0.4 is 0 Å². The highest BCUT2D eigenvalue weighted by molar-refractivity contribution is 7.94. The van der Waals surface area contributed by atoms with Crippen LogP contribution in [-0.4, -0.2) is 21.0 Å². The number of sulfone groups is 1. The zero-order chi connectivity index (χ0) is 17.5. The third-order valence-corrected chi connectivity index (χ3v) is 6.08. The molecule has 0 radical (unpaired) electrons. The molecule has 0 aromatic heterocycles. The number of allylic oxidation sites excluding steroid dienone is 1. The lowest BCUT2D eigenvalue weighted by molar-refractivity contribution is -0.143. The van der Waals surface area contributed by atoms with Crippen LogP contribution in [0.4, 0.5) is 0 Å². The Bertz CT molecular complexity index is 656. The number of carbonyl (C=O) groups excluding carboxylic acids is 1. The molecule has 1 aliphatic carbocycles. The van der Waals surface area contributed by atoms with Crippen molar-refractivity contribution < 1.29 is 17.9 Å². The second-order valence-electron chi connectivity index (χ2n) is 6.39. The monoisotopic (exact) mass is 350 g/mol. The number of benzene rings is 1. The lowest BCUT2D eigenvalue weighted by Gasteiger charge is -2.34. The molecule has 0 N–H and O–H groups in total. The first-order valence-corrected chi connectivity index (χ1v) is 10.2. The second kappa shape index (κ2) is 8.47. The summed E-state index contributed by atoms with van der Waals surface area (Å²) in [6, 6.07) is 8.44. The quantitative estimate of drug-likeness (QED) is 0.689. The van der Waals surface area contributed by atoms with Crippen molar-refractivity contribution in [2.45, 2.75) is 56.8 Å². The van der Waals surface area contributed by atoms with Crippen LogP contribution in [0.25, 0.3) is 0 Å². The molecule has 0 aliphatic heterocycles. The van der Waals surface area contributed by atoms with E-state index in [-0.39, 0.29) is 11.4 Å². The summed E-state index contributed by atoms with van der Waals surface area (Å²) in [6.07, 6.45) is 7.96. The Hall–Kier alpha value is -1.62. The summed E-state index contributed by atoms with van der Waals surface area (Å²) in [5.74, 6) is -0.207. The first kappa shape index (κ1) is 18.7. The molecule has 1 aromatic rings. The van der Waals surface area contributed by atoms with Gasteiger partial charge in [-0.3, -0.25) is 4.79 Å². The Kier molecular flexibility index (Phi) is 6.60. The lowest BCUT2D eigenvalue weighted by atomic mass is 9.71. The topological polar surface area (TPSA) is 60.4 Å². The maximum atomic E-state index is 12.5. The van der Waals surface area contributed by atoms with E-state index >= 15 is 0 Å². The smallest absolute Gasteiger partial charge is 0.305 e. The van der Waals surface area contributed by atoms with Crippen LogP contribution in [0.5, 0.6) is 0 Å². The van der Waals surface area contributed by atoms with Crippen LogP contribution >= 0.6 is 0 Å². The molecule has 0 bridgehead atoms. The van der Waals surface area contributed by atoms with Gasteiger partial charge in [-0.1, -0.05) is 43.5 Å². The van der Waals surface area contributed by atoms with Crippen molar-refractivity contribution in [1.82, 2.24) is 0 Å². The molecule has 24 heavy (non-hydrogen) atoms. The summed E-state index contributed by atoms with van der Waals surface area (Å²) < 4.78 is 30.0. The van der Waals surface area contributed by atoms with Gasteiger partial charge >= 0.3 is 5.97 Å². The summed E-state index contributed by atoms with van der Waals surface area (Å²) >= 11 is 0. The number of carbonyl (C=O) groups is 1. The third-order valence-electron chi connectivity index (χ3n) is 4.65. The molecule has 1 aliphatic rings. The minimum absolute atomic E-state index is 0.207. The van der Waals surface area contributed by atoms with E-state index < -0.39 is 9.84 Å². The Labute approximate surface area is 144 Å². The van der Waals surface area contributed by atoms with Crippen molar-refractivity contribution in [3.63, 3.8) is 0 Å². The molecule has 0 unspecified atom stereocenters. The van der Waals surface area contributed by atoms with Gasteiger partial charge < -0.3 is 4.74 Å². The number of esters is 1. The highest BCUT2D eigenvalue weighted by Crippen LogP contribution is 2.42. The second-order valence-corrected chi connectivity index (χ2v) is 8.22. The number of hydrogen-bond acceptors (Lipinski definition) is 4. The first-order valence-electron chi connectivity index (χ1n) is 8.62. The van der Waals surface area contributed by atoms with E-state index in [0.717, 1.165) is 25.7 Å². The molecule has 132 valence electrons. The van der Waals surface area contributed by atoms with Crippen molar-refractivity contribution in [2.75, 3.05) is 6.61 Å². The normalized spacial score (nSPS) is 17.7. The molecule has 1 saturated carbocycles. The standard InChI is InChI=1S/C19H26O4S/c1-2-23-18(20)11-14-19(12-7-4-8-13-19)15-16-24(21,22)17-9-5-3-6-10-17/h3,5-6,9-10,15-16H,2,4,7-8,11-14H2,1H3/b16-15+. The van der Waals surface area contributed by atoms with Crippen molar-refractivity contribution >= 4 is 15.8 Å². The molecule has 0 spiro atoms. The molecule has 0 atom stereocenters. The predicted molar refractivity (Wildman–Crippen MR) is 94.2 cm³/mol. The van der Waals surface area contributed by atoms with Gasteiger partial charge in [0, 0.05) is 11.8 Å². The van der Waals surface area contributed by atoms with Gasteiger partial charge in [0.2, 0.25) is 0 Å². The minimum Gasteiger partial charge on any atom is -0.466 e. The maximum absolute atomic E-state index is 12.5. The van der Waals surface area contributed by atoms with Crippen LogP contribution in [0.15, 0.2) is 46.7 Å². The van der Waals surface area contributed by atoms with Gasteiger partial charge in [-0.05, 0) is 43.7 Å². The Morgan fingerprint density at radius 2 is 1.83 bits per heavy atom. The molecular formula is C19H26O4S. The summed E-state index contributed by atoms with van der Waals surface area (Å²) in [7, 11) is -3.44. The van der Waals surface area contributed by atoms with Gasteiger partial charge in [0.15, 0.2) is 9.84 Å². The SMILES string of the molecule is CCOC(=O)CCC1(/C=C/S(=O)(=O)c2ccccc2)CCCCC1. The van der Waals surface area contributed by atoms with Gasteiger partial charge in [-0.15, -0.1) is 0 Å². The van der Waals surface area contributed by atoms with Crippen molar-refractivity contribution in [1.29, 1.82) is 0 Å². The fourth-order valence-electron chi connectivity index (χ4n) is 3.26. The van der Waals surface area contributed by atoms with Crippen LogP contribution in [0, 0.1) is 5.41 Å². The predicted octanol–water partition coefficient (Wildman–Crippen LogP) is 4.27. The van der Waals surface area contributed by atoms with E-state index in [1.807, 2.05) is 6.08 Å². The summed E-state index contributed by atoms with van der Waals surface area (Å²) in [5, 5.41) is 1.33. The van der Waals surface area contributed by atoms with E-state index in [0.29, 0.717) is 24.3 Å². The van der Waals surface area contributed by atoms with Gasteiger partial charge in [-0.25, -0.2) is 8.42 Å². The highest BCUT2D eigenvalue weighted by atomic mass is 32.2. The molecule has 4 nitrogen and oxygen atoms in total. The lowest BCUT2D eigenvalue weighted by Crippen LogP contribution is -2.23. The summed E-state index contributed by atoms with van der Waals surface area (Å²) in [6.45, 7) is 2.17. The molecule has 0 amide bonds. The van der Waals surface area contributed by atoms with Crippen molar-refractivity contribution in [3.05, 3.63) is 41.8 Å². The van der Waals surface area contributed by atoms with E-state index in [2.05, 4.69) is 0 Å². The first-order chi connectivity index (χ1) is 11.5. The van der Waals surface area contributed by atoms with Crippen molar-refractivity contribution in [3.8, 4) is 0 Å². The fourth-order valence-corrected chi connectivity index (χ4v) is 4.42. The Balaban J connectivity index is 2.14. The van der Waals surface area contributed by atoms with E-state index in [1.165, 1.54) is 11.8 Å². The third kappa shape index (κ3) is 5.20. The fraction of sp³-hybridized carbons (Fsp3) is 0.526. The van der Waals surface area contributed by atoms with Crippen LogP contribution in [-0.2, 0) is 19.4 Å². The molecule has 0 heterocycles. The molecule has 0 saturated heterocycles. The van der Waals surface area contributed by atoms with Crippen LogP contribution in [0.2, 0.25) is 0 Å². The summed E-state index contributed by atoms with van der Waals surface area (Å²) in [5.41, 5.74) is -0.215. The average molecular weight is 350 g/mol. The van der Waals surface area contributed by atoms with Gasteiger partial charge in [-0.2, -0.15) is 0 Å². The molecule has 2 rings (SSSR count). The molecular weight excluding hydrogens is 324 g/mol. The summed E-state index contributed by atoms with van der Waals surface area (Å²) in [4.78, 5) is 12.0. The largest absolute Gasteiger partial charge is 0.466 e. The van der Waals surface area contributed by atoms with E-state index in [4.69, 9.17) is 4.74 Å². The van der Waals surface area contributed by atoms with E-state index in [1.54, 1.807) is 37.3 Å². The molecule has 1 aromatic carbocycles. The Morgan fingerprint density at radius 3 is 2.46 bits per heavy atom. The number of hydrogen-bond donors (Lipinski definition) is 0. The maximum Gasteiger partial charge on any atom is 0.305 e. The average Bonchev–Trinajstić information content (AvgIpc) is 2.61. The van der Waals surface area contributed by atoms with Gasteiger partial charge in [0.05, 0.1) is 11.5 Å². The van der Waals surface area contributed by atoms with Gasteiger partial charge in [0.1, 0.15) is 0 Å². The highest BCUT2D eigenvalue weighted by Gasteiger charge is 2.30. The van der Waals surface area contributed by atoms with Crippen LogP contribution in [0.1, 0.15) is 51.9 Å². The zero-order valence-electron chi connectivity index (χ0n) is 14.2. The van der Waals surface area contributed by atoms with Gasteiger partial charge in [0.25, 0.3) is 0 Å². The minimum atomic E-state index is -3.44. The Morgan fingerprint density at radius 1 is 1.17 bits per heavy atom. The molecule has 5 heteroatoms. The zero-order valence-corrected chi connectivity index (χ0v) is 15.1.